The molecule has 2 bridgehead atoms. The average molecular weight is 516 g/mol. The Kier molecular flexibility index (Phi) is 6.16. The summed E-state index contributed by atoms with van der Waals surface area (Å²) in [5, 5.41) is 12.9. The molecule has 4 aliphatic rings. The van der Waals surface area contributed by atoms with Gasteiger partial charge in [0.1, 0.15) is 5.82 Å². The van der Waals surface area contributed by atoms with Crippen LogP contribution in [-0.4, -0.2) is 41.3 Å². The van der Waals surface area contributed by atoms with E-state index >= 15 is 0 Å². The number of nitrogens with one attached hydrogen (secondary N) is 2. The summed E-state index contributed by atoms with van der Waals surface area (Å²) < 4.78 is 41.7. The van der Waals surface area contributed by atoms with Crippen LogP contribution in [-0.2, 0) is 28.5 Å². The van der Waals surface area contributed by atoms with Crippen molar-refractivity contribution in [3.63, 3.8) is 0 Å². The standard InChI is InChI=1S/C27H34FN3O4S/c1-25(2,33)18-36(34,35)30-27-12-9-26(10-13-27,11-14-27)21-4-7-23(8-5-21)29-24(32)31-16-19-3-6-22(28)15-20(19)17-31/h3-8,15,30,33H,9-14,16-18H2,1-2H3,(H,29,32). The van der Waals surface area contributed by atoms with E-state index in [4.69, 9.17) is 0 Å². The Labute approximate surface area is 212 Å². The van der Waals surface area contributed by atoms with Crippen molar-refractivity contribution in [2.24, 2.45) is 0 Å². The molecular formula is C27H34FN3O4S. The lowest BCUT2D eigenvalue weighted by atomic mass is 9.55. The molecule has 0 radical (unpaired) electrons. The number of benzene rings is 2. The summed E-state index contributed by atoms with van der Waals surface area (Å²) in [6, 6.07) is 12.4. The van der Waals surface area contributed by atoms with Crippen molar-refractivity contribution in [3.05, 3.63) is 65.0 Å². The molecule has 6 rings (SSSR count). The van der Waals surface area contributed by atoms with Crippen molar-refractivity contribution in [2.75, 3.05) is 11.1 Å². The lowest BCUT2D eigenvalue weighted by Gasteiger charge is -2.54. The third-order valence-electron chi connectivity index (χ3n) is 8.09. The van der Waals surface area contributed by atoms with Crippen LogP contribution in [0.25, 0.3) is 0 Å². The van der Waals surface area contributed by atoms with Gasteiger partial charge in [-0.05, 0) is 98.7 Å². The second-order valence-corrected chi connectivity index (χ2v) is 13.2. The quantitative estimate of drug-likeness (QED) is 0.531. The summed E-state index contributed by atoms with van der Waals surface area (Å²) in [5.74, 6) is -0.597. The highest BCUT2D eigenvalue weighted by molar-refractivity contribution is 7.89. The van der Waals surface area contributed by atoms with E-state index in [2.05, 4.69) is 22.2 Å². The van der Waals surface area contributed by atoms with Crippen LogP contribution in [0.15, 0.2) is 42.5 Å². The second-order valence-electron chi connectivity index (χ2n) is 11.5. The third kappa shape index (κ3) is 5.14. The van der Waals surface area contributed by atoms with E-state index in [0.29, 0.717) is 18.8 Å². The summed E-state index contributed by atoms with van der Waals surface area (Å²) in [4.78, 5) is 14.4. The first-order chi connectivity index (χ1) is 16.9. The van der Waals surface area contributed by atoms with E-state index < -0.39 is 21.2 Å². The Morgan fingerprint density at radius 1 is 1.00 bits per heavy atom. The minimum absolute atomic E-state index is 0.0205. The summed E-state index contributed by atoms with van der Waals surface area (Å²) >= 11 is 0. The van der Waals surface area contributed by atoms with Gasteiger partial charge in [-0.2, -0.15) is 0 Å². The first-order valence-electron chi connectivity index (χ1n) is 12.5. The minimum Gasteiger partial charge on any atom is -0.389 e. The summed E-state index contributed by atoms with van der Waals surface area (Å²) in [6.07, 6.45) is 5.00. The monoisotopic (exact) mass is 515 g/mol. The predicted molar refractivity (Wildman–Crippen MR) is 136 cm³/mol. The number of urea groups is 1. The van der Waals surface area contributed by atoms with E-state index in [0.717, 1.165) is 49.7 Å². The number of aliphatic hydroxyl groups is 1. The lowest BCUT2D eigenvalue weighted by Crippen LogP contribution is -2.58. The molecule has 36 heavy (non-hydrogen) atoms. The summed E-state index contributed by atoms with van der Waals surface area (Å²) in [6.45, 7) is 3.87. The number of anilines is 1. The number of halogens is 1. The number of nitrogens with zero attached hydrogens (tertiary/aromatic N) is 1. The third-order valence-corrected chi connectivity index (χ3v) is 9.92. The number of hydrogen-bond donors (Lipinski definition) is 3. The normalized spacial score (nSPS) is 25.6. The van der Waals surface area contributed by atoms with Crippen LogP contribution in [0.5, 0.6) is 0 Å². The number of carbonyl (C=O) groups is 1. The average Bonchev–Trinajstić information content (AvgIpc) is 3.22. The number of amides is 2. The molecule has 0 atom stereocenters. The minimum atomic E-state index is -3.58. The van der Waals surface area contributed by atoms with Gasteiger partial charge in [-0.1, -0.05) is 18.2 Å². The van der Waals surface area contributed by atoms with Gasteiger partial charge in [0.15, 0.2) is 0 Å². The fourth-order valence-corrected chi connectivity index (χ4v) is 8.19. The molecule has 1 aliphatic heterocycles. The molecule has 0 unspecified atom stereocenters. The molecular weight excluding hydrogens is 481 g/mol. The Bertz CT molecular complexity index is 1250. The SMILES string of the molecule is CC(C)(O)CS(=O)(=O)NC12CCC(c3ccc(NC(=O)N4Cc5ccc(F)cc5C4)cc3)(CC1)CC2. The maximum atomic E-state index is 13.5. The zero-order valence-corrected chi connectivity index (χ0v) is 21.6. The largest absolute Gasteiger partial charge is 0.389 e. The van der Waals surface area contributed by atoms with E-state index in [1.165, 1.54) is 31.5 Å². The number of hydrogen-bond acceptors (Lipinski definition) is 4. The van der Waals surface area contributed by atoms with Gasteiger partial charge in [0.25, 0.3) is 0 Å². The van der Waals surface area contributed by atoms with Crippen molar-refractivity contribution in [2.45, 2.75) is 82.0 Å². The van der Waals surface area contributed by atoms with E-state index in [1.54, 1.807) is 11.0 Å². The summed E-state index contributed by atoms with van der Waals surface area (Å²) in [7, 11) is -3.58. The number of rotatable bonds is 6. The van der Waals surface area contributed by atoms with E-state index in [9.17, 15) is 22.7 Å². The molecule has 2 aromatic rings. The van der Waals surface area contributed by atoms with Crippen molar-refractivity contribution in [1.29, 1.82) is 0 Å². The maximum absolute atomic E-state index is 13.5. The van der Waals surface area contributed by atoms with Gasteiger partial charge in [-0.25, -0.2) is 22.3 Å². The van der Waals surface area contributed by atoms with Gasteiger partial charge < -0.3 is 15.3 Å². The number of sulfonamides is 1. The second kappa shape index (κ2) is 8.82. The van der Waals surface area contributed by atoms with Crippen molar-refractivity contribution < 1.29 is 22.7 Å². The van der Waals surface area contributed by atoms with Gasteiger partial charge in [0.2, 0.25) is 10.0 Å². The zero-order chi connectivity index (χ0) is 25.8. The van der Waals surface area contributed by atoms with Crippen LogP contribution in [0, 0.1) is 5.82 Å². The Morgan fingerprint density at radius 3 is 2.22 bits per heavy atom. The van der Waals surface area contributed by atoms with Crippen LogP contribution < -0.4 is 10.0 Å². The van der Waals surface area contributed by atoms with Crippen LogP contribution in [0.1, 0.15) is 69.1 Å². The molecule has 1 heterocycles. The first-order valence-corrected chi connectivity index (χ1v) is 14.2. The van der Waals surface area contributed by atoms with Crippen LogP contribution in [0.3, 0.4) is 0 Å². The van der Waals surface area contributed by atoms with Crippen molar-refractivity contribution in [3.8, 4) is 0 Å². The molecule has 0 spiro atoms. The molecule has 3 fully saturated rings. The van der Waals surface area contributed by atoms with Gasteiger partial charge in [-0.3, -0.25) is 0 Å². The fourth-order valence-electron chi connectivity index (χ4n) is 6.22. The molecule has 3 aliphatic carbocycles. The van der Waals surface area contributed by atoms with Crippen LogP contribution in [0.2, 0.25) is 0 Å². The molecule has 7 nitrogen and oxygen atoms in total. The zero-order valence-electron chi connectivity index (χ0n) is 20.8. The smallest absolute Gasteiger partial charge is 0.322 e. The van der Waals surface area contributed by atoms with Crippen molar-refractivity contribution in [1.82, 2.24) is 9.62 Å². The maximum Gasteiger partial charge on any atom is 0.322 e. The molecule has 2 aromatic carbocycles. The van der Waals surface area contributed by atoms with Gasteiger partial charge in [0, 0.05) is 24.3 Å². The van der Waals surface area contributed by atoms with Crippen LogP contribution in [0.4, 0.5) is 14.9 Å². The lowest BCUT2D eigenvalue weighted by molar-refractivity contribution is 0.0901. The first kappa shape index (κ1) is 25.2. The highest BCUT2D eigenvalue weighted by Crippen LogP contribution is 2.54. The Morgan fingerprint density at radius 2 is 1.61 bits per heavy atom. The Hall–Kier alpha value is -2.49. The van der Waals surface area contributed by atoms with Crippen LogP contribution >= 0.6 is 0 Å². The number of fused-ring (bicyclic) bond motifs is 4. The number of carbonyl (C=O) groups excluding carboxylic acids is 1. The van der Waals surface area contributed by atoms with Gasteiger partial charge in [-0.15, -0.1) is 0 Å². The molecule has 0 aromatic heterocycles. The topological polar surface area (TPSA) is 98.7 Å². The van der Waals surface area contributed by atoms with Gasteiger partial charge >= 0.3 is 6.03 Å². The van der Waals surface area contributed by atoms with E-state index in [1.807, 2.05) is 12.1 Å². The van der Waals surface area contributed by atoms with Crippen molar-refractivity contribution >= 4 is 21.7 Å². The van der Waals surface area contributed by atoms with Gasteiger partial charge in [0.05, 0.1) is 11.4 Å². The molecule has 2 amide bonds. The molecule has 3 saturated carbocycles. The molecule has 3 N–H and O–H groups in total. The Balaban J connectivity index is 1.20. The summed E-state index contributed by atoms with van der Waals surface area (Å²) in [5.41, 5.74) is 2.06. The highest BCUT2D eigenvalue weighted by atomic mass is 32.2. The highest BCUT2D eigenvalue weighted by Gasteiger charge is 2.51. The fraction of sp³-hybridized carbons (Fsp3) is 0.519. The molecule has 194 valence electrons. The molecule has 9 heteroatoms. The van der Waals surface area contributed by atoms with E-state index in [-0.39, 0.29) is 23.0 Å². The molecule has 0 saturated heterocycles. The predicted octanol–water partition coefficient (Wildman–Crippen LogP) is 4.41.